The molecule has 0 saturated heterocycles. The van der Waals surface area contributed by atoms with Crippen molar-refractivity contribution in [2.45, 2.75) is 39.2 Å². The Balaban J connectivity index is 2.47. The van der Waals surface area contributed by atoms with Gasteiger partial charge in [0.2, 0.25) is 21.8 Å². The number of ether oxygens (including phenoxy) is 1. The number of hydrogen-bond acceptors (Lipinski definition) is 7. The van der Waals surface area contributed by atoms with E-state index in [2.05, 4.69) is 5.32 Å². The molecule has 0 aliphatic heterocycles. The summed E-state index contributed by atoms with van der Waals surface area (Å²) in [7, 11) is -2.78. The number of methoxy groups -OCH3 is 1. The van der Waals surface area contributed by atoms with Gasteiger partial charge in [0.25, 0.3) is 5.69 Å². The van der Waals surface area contributed by atoms with Gasteiger partial charge in [0, 0.05) is 25.2 Å². The minimum Gasteiger partial charge on any atom is -0.495 e. The zero-order chi connectivity index (χ0) is 27.6. The Morgan fingerprint density at radius 2 is 1.81 bits per heavy atom. The summed E-state index contributed by atoms with van der Waals surface area (Å²) >= 11 is 0. The molecule has 202 valence electrons. The van der Waals surface area contributed by atoms with E-state index in [1.807, 2.05) is 37.3 Å². The molecule has 0 heterocycles. The number of amides is 2. The molecule has 2 aromatic rings. The van der Waals surface area contributed by atoms with E-state index >= 15 is 0 Å². The lowest BCUT2D eigenvalue weighted by Crippen LogP contribution is -2.53. The van der Waals surface area contributed by atoms with E-state index < -0.39 is 33.4 Å². The van der Waals surface area contributed by atoms with Gasteiger partial charge in [0.15, 0.2) is 0 Å². The van der Waals surface area contributed by atoms with Crippen molar-refractivity contribution in [2.75, 3.05) is 37.3 Å². The maximum absolute atomic E-state index is 13.7. The van der Waals surface area contributed by atoms with Crippen molar-refractivity contribution in [3.8, 4) is 5.75 Å². The van der Waals surface area contributed by atoms with Gasteiger partial charge in [-0.05, 0) is 30.9 Å². The molecule has 12 heteroatoms. The Morgan fingerprint density at radius 3 is 2.35 bits per heavy atom. The number of carbonyl (C=O) groups excluding carboxylic acids is 2. The molecule has 0 spiro atoms. The maximum atomic E-state index is 13.7. The predicted octanol–water partition coefficient (Wildman–Crippen LogP) is 2.75. The SMILES string of the molecule is CCCNC(=O)[C@H](CC)N(CCc1ccccc1)C(=O)CN(c1cc([N+](=O)[O-])ccc1OC)S(C)(=O)=O. The molecule has 2 aromatic carbocycles. The van der Waals surface area contributed by atoms with Gasteiger partial charge < -0.3 is 15.0 Å². The number of non-ortho nitro benzene ring substituents is 1. The molecular weight excluding hydrogens is 500 g/mol. The van der Waals surface area contributed by atoms with Gasteiger partial charge in [-0.3, -0.25) is 24.0 Å². The summed E-state index contributed by atoms with van der Waals surface area (Å²) in [5.41, 5.74) is 0.451. The zero-order valence-corrected chi connectivity index (χ0v) is 22.4. The molecule has 11 nitrogen and oxygen atoms in total. The summed E-state index contributed by atoms with van der Waals surface area (Å²) in [5, 5.41) is 14.2. The van der Waals surface area contributed by atoms with Crippen molar-refractivity contribution in [1.29, 1.82) is 0 Å². The van der Waals surface area contributed by atoms with Crippen LogP contribution in [0.15, 0.2) is 48.5 Å². The first-order valence-electron chi connectivity index (χ1n) is 11.9. The number of hydrogen-bond donors (Lipinski definition) is 1. The predicted molar refractivity (Wildman–Crippen MR) is 141 cm³/mol. The Bertz CT molecular complexity index is 1190. The second-order valence-electron chi connectivity index (χ2n) is 8.42. The molecular formula is C25H34N4O7S. The number of nitro groups is 1. The summed E-state index contributed by atoms with van der Waals surface area (Å²) in [6, 6.07) is 12.1. The quantitative estimate of drug-likeness (QED) is 0.290. The largest absolute Gasteiger partial charge is 0.495 e. The van der Waals surface area contributed by atoms with Crippen molar-refractivity contribution >= 4 is 33.2 Å². The zero-order valence-electron chi connectivity index (χ0n) is 21.5. The topological polar surface area (TPSA) is 139 Å². The molecule has 1 atom stereocenters. The Kier molecular flexibility index (Phi) is 10.9. The standard InChI is InChI=1S/C25H34N4O7S/c1-5-15-26-25(31)21(6-2)27(16-14-19-10-8-7-9-11-19)24(30)18-28(37(4,34)35)22-17-20(29(32)33)12-13-23(22)36-3/h7-13,17,21H,5-6,14-16,18H2,1-4H3,(H,26,31)/t21-/m0/s1. The highest BCUT2D eigenvalue weighted by molar-refractivity contribution is 7.92. The molecule has 37 heavy (non-hydrogen) atoms. The van der Waals surface area contributed by atoms with E-state index in [-0.39, 0.29) is 29.6 Å². The smallest absolute Gasteiger partial charge is 0.271 e. The van der Waals surface area contributed by atoms with Gasteiger partial charge >= 0.3 is 0 Å². The molecule has 0 unspecified atom stereocenters. The van der Waals surface area contributed by atoms with Crippen LogP contribution in [0.2, 0.25) is 0 Å². The van der Waals surface area contributed by atoms with E-state index in [0.717, 1.165) is 22.2 Å². The number of sulfonamides is 1. The Morgan fingerprint density at radius 1 is 1.14 bits per heavy atom. The lowest BCUT2D eigenvalue weighted by Gasteiger charge is -2.33. The summed E-state index contributed by atoms with van der Waals surface area (Å²) in [4.78, 5) is 38.6. The fourth-order valence-corrected chi connectivity index (χ4v) is 4.69. The highest BCUT2D eigenvalue weighted by Gasteiger charge is 2.32. The van der Waals surface area contributed by atoms with Crippen LogP contribution in [0.1, 0.15) is 32.3 Å². The highest BCUT2D eigenvalue weighted by Crippen LogP contribution is 2.33. The van der Waals surface area contributed by atoms with Crippen molar-refractivity contribution in [3.63, 3.8) is 0 Å². The average molecular weight is 535 g/mol. The van der Waals surface area contributed by atoms with Crippen molar-refractivity contribution in [3.05, 3.63) is 64.2 Å². The van der Waals surface area contributed by atoms with Crippen LogP contribution in [0.3, 0.4) is 0 Å². The fourth-order valence-electron chi connectivity index (χ4n) is 3.84. The lowest BCUT2D eigenvalue weighted by molar-refractivity contribution is -0.384. The summed E-state index contributed by atoms with van der Waals surface area (Å²) in [6.45, 7) is 3.64. The third-order valence-electron chi connectivity index (χ3n) is 5.74. The molecule has 0 fully saturated rings. The van der Waals surface area contributed by atoms with Gasteiger partial charge in [-0.15, -0.1) is 0 Å². The number of nitrogens with one attached hydrogen (secondary N) is 1. The molecule has 0 aromatic heterocycles. The van der Waals surface area contributed by atoms with E-state index in [9.17, 15) is 28.1 Å². The van der Waals surface area contributed by atoms with Crippen LogP contribution in [-0.2, 0) is 26.0 Å². The third kappa shape index (κ3) is 8.17. The monoisotopic (exact) mass is 534 g/mol. The van der Waals surface area contributed by atoms with Crippen LogP contribution in [-0.4, -0.2) is 69.1 Å². The second kappa shape index (κ2) is 13.6. The highest BCUT2D eigenvalue weighted by atomic mass is 32.2. The minimum absolute atomic E-state index is 0.0485. The molecule has 0 aliphatic rings. The number of carbonyl (C=O) groups is 2. The number of nitrogens with zero attached hydrogens (tertiary/aromatic N) is 3. The van der Waals surface area contributed by atoms with Gasteiger partial charge in [-0.1, -0.05) is 44.2 Å². The second-order valence-corrected chi connectivity index (χ2v) is 10.3. The van der Waals surface area contributed by atoms with Crippen LogP contribution in [0.5, 0.6) is 5.75 Å². The van der Waals surface area contributed by atoms with Crippen LogP contribution in [0, 0.1) is 10.1 Å². The van der Waals surface area contributed by atoms with Gasteiger partial charge in [-0.2, -0.15) is 0 Å². The molecule has 0 saturated carbocycles. The Hall–Kier alpha value is -3.67. The molecule has 2 rings (SSSR count). The van der Waals surface area contributed by atoms with E-state index in [1.165, 1.54) is 24.1 Å². The minimum atomic E-state index is -4.07. The summed E-state index contributed by atoms with van der Waals surface area (Å²) in [5.74, 6) is -0.898. The lowest BCUT2D eigenvalue weighted by atomic mass is 10.1. The van der Waals surface area contributed by atoms with Crippen LogP contribution in [0.4, 0.5) is 11.4 Å². The van der Waals surface area contributed by atoms with E-state index in [4.69, 9.17) is 4.74 Å². The fraction of sp³-hybridized carbons (Fsp3) is 0.440. The Labute approximate surface area is 217 Å². The summed E-state index contributed by atoms with van der Waals surface area (Å²) < 4.78 is 31.6. The maximum Gasteiger partial charge on any atom is 0.271 e. The van der Waals surface area contributed by atoms with Crippen molar-refractivity contribution in [2.24, 2.45) is 0 Å². The number of benzene rings is 2. The van der Waals surface area contributed by atoms with Gasteiger partial charge in [0.1, 0.15) is 24.0 Å². The van der Waals surface area contributed by atoms with Gasteiger partial charge in [-0.25, -0.2) is 8.42 Å². The normalized spacial score (nSPS) is 11.9. The molecule has 0 aliphatic carbocycles. The molecule has 1 N–H and O–H groups in total. The number of nitro benzene ring substituents is 1. The third-order valence-corrected chi connectivity index (χ3v) is 6.87. The first-order chi connectivity index (χ1) is 17.5. The van der Waals surface area contributed by atoms with Crippen molar-refractivity contribution in [1.82, 2.24) is 10.2 Å². The van der Waals surface area contributed by atoms with Crippen LogP contribution < -0.4 is 14.4 Å². The van der Waals surface area contributed by atoms with Gasteiger partial charge in [0.05, 0.1) is 18.3 Å². The van der Waals surface area contributed by atoms with E-state index in [0.29, 0.717) is 25.8 Å². The van der Waals surface area contributed by atoms with Crippen LogP contribution >= 0.6 is 0 Å². The van der Waals surface area contributed by atoms with Crippen LogP contribution in [0.25, 0.3) is 0 Å². The number of anilines is 1. The molecule has 2 amide bonds. The average Bonchev–Trinajstić information content (AvgIpc) is 2.87. The summed E-state index contributed by atoms with van der Waals surface area (Å²) in [6.07, 6.45) is 2.38. The number of rotatable bonds is 14. The van der Waals surface area contributed by atoms with E-state index in [1.54, 1.807) is 6.92 Å². The van der Waals surface area contributed by atoms with Crippen molar-refractivity contribution < 1.29 is 27.7 Å². The molecule has 0 radical (unpaired) electrons. The first kappa shape index (κ1) is 29.6. The first-order valence-corrected chi connectivity index (χ1v) is 13.8. The molecule has 0 bridgehead atoms.